The van der Waals surface area contributed by atoms with Gasteiger partial charge in [-0.15, -0.1) is 24.0 Å². The van der Waals surface area contributed by atoms with Crippen molar-refractivity contribution < 1.29 is 13.5 Å². The number of nitrogens with two attached hydrogens (primary N) is 1. The van der Waals surface area contributed by atoms with Gasteiger partial charge in [0.25, 0.3) is 0 Å². The minimum atomic E-state index is -0.591. The van der Waals surface area contributed by atoms with E-state index in [1.54, 1.807) is 0 Å². The van der Waals surface area contributed by atoms with Crippen LogP contribution in [0, 0.1) is 11.6 Å². The first-order valence-corrected chi connectivity index (χ1v) is 4.64. The van der Waals surface area contributed by atoms with Crippen molar-refractivity contribution in [3.63, 3.8) is 0 Å². The zero-order chi connectivity index (χ0) is 12.0. The van der Waals surface area contributed by atoms with Crippen LogP contribution in [0.3, 0.4) is 0 Å². The van der Waals surface area contributed by atoms with Crippen LogP contribution in [0.4, 0.5) is 14.5 Å². The monoisotopic (exact) mass is 357 g/mol. The van der Waals surface area contributed by atoms with Gasteiger partial charge in [-0.2, -0.15) is 0 Å². The van der Waals surface area contributed by atoms with Crippen LogP contribution in [0.2, 0.25) is 0 Å². The van der Waals surface area contributed by atoms with Crippen LogP contribution < -0.4 is 11.1 Å². The molecular weight excluding hydrogens is 343 g/mol. The minimum absolute atomic E-state index is 0. The summed E-state index contributed by atoms with van der Waals surface area (Å²) in [4.78, 5) is 3.85. The molecule has 0 aliphatic carbocycles. The third-order valence-corrected chi connectivity index (χ3v) is 1.77. The fourth-order valence-electron chi connectivity index (χ4n) is 1.03. The summed E-state index contributed by atoms with van der Waals surface area (Å²) >= 11 is 0. The van der Waals surface area contributed by atoms with E-state index in [-0.39, 0.29) is 35.6 Å². The molecule has 0 aliphatic rings. The molecule has 0 radical (unpaired) electrons. The Kier molecular flexibility index (Phi) is 7.72. The topological polar surface area (TPSA) is 59.6 Å². The Balaban J connectivity index is 0.00000256. The van der Waals surface area contributed by atoms with Gasteiger partial charge in [0.2, 0.25) is 0 Å². The number of guanidine groups is 1. The summed E-state index contributed by atoms with van der Waals surface area (Å²) in [5.41, 5.74) is 5.42. The molecule has 4 nitrogen and oxygen atoms in total. The van der Waals surface area contributed by atoms with Crippen LogP contribution in [0.25, 0.3) is 0 Å². The van der Waals surface area contributed by atoms with Gasteiger partial charge in [-0.05, 0) is 12.1 Å². The first-order valence-electron chi connectivity index (χ1n) is 4.64. The molecule has 0 bridgehead atoms. The highest BCUT2D eigenvalue weighted by molar-refractivity contribution is 14.0. The summed E-state index contributed by atoms with van der Waals surface area (Å²) < 4.78 is 30.7. The predicted octanol–water partition coefficient (Wildman–Crippen LogP) is 1.96. The lowest BCUT2D eigenvalue weighted by atomic mass is 10.3. The van der Waals surface area contributed by atoms with Crippen LogP contribution >= 0.6 is 24.0 Å². The third-order valence-electron chi connectivity index (χ3n) is 1.77. The number of hydrogen-bond acceptors (Lipinski definition) is 2. The summed E-state index contributed by atoms with van der Waals surface area (Å²) in [7, 11) is 1.53. The Morgan fingerprint density at radius 3 is 2.82 bits per heavy atom. The molecule has 0 aliphatic heterocycles. The van der Waals surface area contributed by atoms with Crippen LogP contribution in [0.15, 0.2) is 23.2 Å². The molecule has 96 valence electrons. The van der Waals surface area contributed by atoms with E-state index in [2.05, 4.69) is 10.3 Å². The molecule has 1 aromatic rings. The maximum absolute atomic E-state index is 13.2. The number of aliphatic imine (C=N–C) groups is 1. The molecule has 17 heavy (non-hydrogen) atoms. The SMILES string of the molecule is COCCN=C(N)Nc1cc(F)ccc1F.I. The van der Waals surface area contributed by atoms with E-state index < -0.39 is 11.6 Å². The van der Waals surface area contributed by atoms with E-state index in [0.29, 0.717) is 13.2 Å². The van der Waals surface area contributed by atoms with Crippen molar-refractivity contribution in [2.24, 2.45) is 10.7 Å². The second-order valence-electron chi connectivity index (χ2n) is 3.01. The summed E-state index contributed by atoms with van der Waals surface area (Å²) in [6.45, 7) is 0.764. The molecule has 0 saturated carbocycles. The highest BCUT2D eigenvalue weighted by Gasteiger charge is 2.04. The number of ether oxygens (including phenoxy) is 1. The maximum atomic E-state index is 13.2. The van der Waals surface area contributed by atoms with Gasteiger partial charge in [0.15, 0.2) is 5.96 Å². The lowest BCUT2D eigenvalue weighted by molar-refractivity contribution is 0.208. The van der Waals surface area contributed by atoms with E-state index in [1.165, 1.54) is 7.11 Å². The Labute approximate surface area is 115 Å². The standard InChI is InChI=1S/C10H13F2N3O.HI/c1-16-5-4-14-10(13)15-9-6-7(11)2-3-8(9)12;/h2-3,6H,4-5H2,1H3,(H3,13,14,15);1H. The Morgan fingerprint density at radius 2 is 2.18 bits per heavy atom. The minimum Gasteiger partial charge on any atom is -0.383 e. The average molecular weight is 357 g/mol. The van der Waals surface area contributed by atoms with Gasteiger partial charge in [0.1, 0.15) is 11.6 Å². The average Bonchev–Trinajstić information content (AvgIpc) is 2.24. The fraction of sp³-hybridized carbons (Fsp3) is 0.300. The first-order chi connectivity index (χ1) is 7.63. The van der Waals surface area contributed by atoms with Gasteiger partial charge >= 0.3 is 0 Å². The van der Waals surface area contributed by atoms with Crippen molar-refractivity contribution >= 4 is 35.6 Å². The number of nitrogens with one attached hydrogen (secondary N) is 1. The number of hydrogen-bond donors (Lipinski definition) is 2. The number of rotatable bonds is 4. The largest absolute Gasteiger partial charge is 0.383 e. The fourth-order valence-corrected chi connectivity index (χ4v) is 1.03. The summed E-state index contributed by atoms with van der Waals surface area (Å²) in [6, 6.07) is 3.05. The van der Waals surface area contributed by atoms with Gasteiger partial charge in [0, 0.05) is 13.2 Å². The first kappa shape index (κ1) is 16.0. The number of nitrogens with zero attached hydrogens (tertiary/aromatic N) is 1. The molecule has 7 heteroatoms. The van der Waals surface area contributed by atoms with E-state index >= 15 is 0 Å². The number of anilines is 1. The lowest BCUT2D eigenvalue weighted by Crippen LogP contribution is -2.24. The Morgan fingerprint density at radius 1 is 1.47 bits per heavy atom. The van der Waals surface area contributed by atoms with E-state index in [1.807, 2.05) is 0 Å². The number of methoxy groups -OCH3 is 1. The second kappa shape index (κ2) is 8.18. The van der Waals surface area contributed by atoms with Crippen LogP contribution in [0.5, 0.6) is 0 Å². The second-order valence-corrected chi connectivity index (χ2v) is 3.01. The summed E-state index contributed by atoms with van der Waals surface area (Å²) in [5.74, 6) is -1.12. The molecule has 0 heterocycles. The predicted molar refractivity (Wildman–Crippen MR) is 73.8 cm³/mol. The zero-order valence-electron chi connectivity index (χ0n) is 9.24. The van der Waals surface area contributed by atoms with Gasteiger partial charge in [0.05, 0.1) is 18.8 Å². The van der Waals surface area contributed by atoms with Crippen molar-refractivity contribution in [3.05, 3.63) is 29.8 Å². The van der Waals surface area contributed by atoms with Gasteiger partial charge < -0.3 is 15.8 Å². The van der Waals surface area contributed by atoms with E-state index in [4.69, 9.17) is 10.5 Å². The molecule has 1 rings (SSSR count). The van der Waals surface area contributed by atoms with Crippen molar-refractivity contribution in [1.82, 2.24) is 0 Å². The Bertz CT molecular complexity index is 388. The third kappa shape index (κ3) is 5.78. The van der Waals surface area contributed by atoms with Crippen molar-refractivity contribution in [1.29, 1.82) is 0 Å². The van der Waals surface area contributed by atoms with Gasteiger partial charge in [-0.3, -0.25) is 4.99 Å². The molecule has 0 aromatic heterocycles. The van der Waals surface area contributed by atoms with Crippen molar-refractivity contribution in [2.45, 2.75) is 0 Å². The molecule has 1 aromatic carbocycles. The van der Waals surface area contributed by atoms with Gasteiger partial charge in [-0.1, -0.05) is 0 Å². The summed E-state index contributed by atoms with van der Waals surface area (Å²) in [5, 5.41) is 2.47. The normalized spacial score (nSPS) is 10.9. The lowest BCUT2D eigenvalue weighted by Gasteiger charge is -2.06. The van der Waals surface area contributed by atoms with Crippen LogP contribution in [-0.4, -0.2) is 26.2 Å². The highest BCUT2D eigenvalue weighted by Crippen LogP contribution is 2.14. The smallest absolute Gasteiger partial charge is 0.193 e. The van der Waals surface area contributed by atoms with Crippen LogP contribution in [-0.2, 0) is 4.74 Å². The molecule has 0 atom stereocenters. The molecule has 0 fully saturated rings. The molecule has 0 spiro atoms. The maximum Gasteiger partial charge on any atom is 0.193 e. The van der Waals surface area contributed by atoms with E-state index in [0.717, 1.165) is 18.2 Å². The number of benzene rings is 1. The molecule has 3 N–H and O–H groups in total. The van der Waals surface area contributed by atoms with Crippen molar-refractivity contribution in [2.75, 3.05) is 25.6 Å². The van der Waals surface area contributed by atoms with Crippen LogP contribution in [0.1, 0.15) is 0 Å². The molecule has 0 saturated heterocycles. The highest BCUT2D eigenvalue weighted by atomic mass is 127. The summed E-state index contributed by atoms with van der Waals surface area (Å²) in [6.07, 6.45) is 0. The number of halogens is 3. The molecule has 0 unspecified atom stereocenters. The quantitative estimate of drug-likeness (QED) is 0.375. The van der Waals surface area contributed by atoms with E-state index in [9.17, 15) is 8.78 Å². The zero-order valence-corrected chi connectivity index (χ0v) is 11.6. The molecule has 0 amide bonds. The Hall–Kier alpha value is -0.960. The van der Waals surface area contributed by atoms with Gasteiger partial charge in [-0.25, -0.2) is 8.78 Å². The molecular formula is C10H14F2IN3O. The van der Waals surface area contributed by atoms with Crippen molar-refractivity contribution in [3.8, 4) is 0 Å².